The lowest BCUT2D eigenvalue weighted by molar-refractivity contribution is -0.220. The molecule has 0 saturated heterocycles. The van der Waals surface area contributed by atoms with E-state index in [1.807, 2.05) is 0 Å². The number of hydrogen-bond acceptors (Lipinski definition) is 5. The van der Waals surface area contributed by atoms with Crippen LogP contribution in [0.4, 0.5) is 13.2 Å². The van der Waals surface area contributed by atoms with Crippen molar-refractivity contribution in [3.8, 4) is 0 Å². The highest BCUT2D eigenvalue weighted by Gasteiger charge is 2.34. The Hall–Kier alpha value is -1.68. The monoisotopic (exact) mass is 232 g/mol. The Morgan fingerprint density at radius 1 is 1.25 bits per heavy atom. The minimum atomic E-state index is -4.72. The summed E-state index contributed by atoms with van der Waals surface area (Å²) in [6, 6.07) is 1.07. The highest BCUT2D eigenvalue weighted by atomic mass is 19.4. The fraction of sp³-hybridized carbons (Fsp3) is 0.167. The summed E-state index contributed by atoms with van der Waals surface area (Å²) in [7, 11) is -1.81. The predicted octanol–water partition coefficient (Wildman–Crippen LogP) is -1.02. The van der Waals surface area contributed by atoms with Gasteiger partial charge in [-0.1, -0.05) is 4.80 Å². The van der Waals surface area contributed by atoms with Crippen LogP contribution in [-0.2, 0) is 6.30 Å². The smallest absolute Gasteiger partial charge is 0.423 e. The molecule has 0 unspecified atom stereocenters. The van der Waals surface area contributed by atoms with Gasteiger partial charge in [0.15, 0.2) is 0 Å². The van der Waals surface area contributed by atoms with Crippen LogP contribution in [0, 0.1) is 0 Å². The van der Waals surface area contributed by atoms with Crippen molar-refractivity contribution in [2.24, 2.45) is 0 Å². The van der Waals surface area contributed by atoms with Crippen molar-refractivity contribution >= 4 is 23.7 Å². The first-order valence-corrected chi connectivity index (χ1v) is 4.04. The summed E-state index contributed by atoms with van der Waals surface area (Å²) in [6.45, 7) is 0. The van der Waals surface area contributed by atoms with Gasteiger partial charge in [0.05, 0.1) is 0 Å². The van der Waals surface area contributed by atoms with E-state index in [2.05, 4.69) is 15.2 Å². The molecular formula is C6H4BF3N4O2. The standard InChI is InChI=1S/C6H4BF3N4O2/c8-6(9,10)14-12-4-1-3(7(15)16)2-11-5(4)13-14/h1-2,15-16H. The van der Waals surface area contributed by atoms with Crippen LogP contribution < -0.4 is 5.46 Å². The number of alkyl halides is 3. The van der Waals surface area contributed by atoms with Gasteiger partial charge in [-0.05, 0) is 6.07 Å². The Balaban J connectivity index is 2.54. The molecule has 0 spiro atoms. The maximum Gasteiger partial charge on any atom is 0.521 e. The normalized spacial score (nSPS) is 12.1. The van der Waals surface area contributed by atoms with Crippen molar-refractivity contribution in [2.75, 3.05) is 0 Å². The van der Waals surface area contributed by atoms with Crippen LogP contribution in [0.5, 0.6) is 0 Å². The Morgan fingerprint density at radius 2 is 1.94 bits per heavy atom. The van der Waals surface area contributed by atoms with Crippen LogP contribution in [-0.4, -0.2) is 37.1 Å². The molecule has 2 aromatic heterocycles. The number of pyridine rings is 1. The SMILES string of the molecule is OB(O)c1cnc2nn(C(F)(F)F)nc2c1. The van der Waals surface area contributed by atoms with Crippen molar-refractivity contribution in [3.05, 3.63) is 12.3 Å². The number of hydrogen-bond donors (Lipinski definition) is 2. The Labute approximate surface area is 86.5 Å². The molecule has 0 aliphatic heterocycles. The lowest BCUT2D eigenvalue weighted by atomic mass is 9.82. The number of nitrogens with zero attached hydrogens (tertiary/aromatic N) is 4. The lowest BCUT2D eigenvalue weighted by Gasteiger charge is -2.00. The Morgan fingerprint density at radius 3 is 2.50 bits per heavy atom. The summed E-state index contributed by atoms with van der Waals surface area (Å²) in [5.74, 6) is 0. The molecule has 0 amide bonds. The van der Waals surface area contributed by atoms with E-state index in [1.54, 1.807) is 0 Å². The van der Waals surface area contributed by atoms with Gasteiger partial charge in [-0.15, -0.1) is 23.4 Å². The fourth-order valence-electron chi connectivity index (χ4n) is 1.08. The van der Waals surface area contributed by atoms with E-state index in [9.17, 15) is 13.2 Å². The summed E-state index contributed by atoms with van der Waals surface area (Å²) in [4.78, 5) is 3.09. The van der Waals surface area contributed by atoms with E-state index >= 15 is 0 Å². The van der Waals surface area contributed by atoms with Crippen molar-refractivity contribution in [3.63, 3.8) is 0 Å². The van der Waals surface area contributed by atoms with E-state index in [1.165, 1.54) is 0 Å². The van der Waals surface area contributed by atoms with Crippen molar-refractivity contribution in [1.82, 2.24) is 20.0 Å². The fourth-order valence-corrected chi connectivity index (χ4v) is 1.08. The van der Waals surface area contributed by atoms with E-state index < -0.39 is 18.2 Å². The molecule has 0 aliphatic rings. The van der Waals surface area contributed by atoms with Gasteiger partial charge in [0.2, 0.25) is 5.65 Å². The van der Waals surface area contributed by atoms with Gasteiger partial charge in [-0.25, -0.2) is 4.98 Å². The second-order valence-corrected chi connectivity index (χ2v) is 2.94. The topological polar surface area (TPSA) is 84.1 Å². The molecule has 0 bridgehead atoms. The van der Waals surface area contributed by atoms with E-state index in [0.29, 0.717) is 0 Å². The van der Waals surface area contributed by atoms with Crippen LogP contribution in [0.1, 0.15) is 0 Å². The molecule has 2 heterocycles. The Bertz CT molecular complexity index is 526. The first-order valence-electron chi connectivity index (χ1n) is 4.04. The van der Waals surface area contributed by atoms with Gasteiger partial charge < -0.3 is 10.0 Å². The minimum absolute atomic E-state index is 0.0540. The molecule has 0 radical (unpaired) electrons. The molecule has 0 aromatic carbocycles. The van der Waals surface area contributed by atoms with Gasteiger partial charge in [0.1, 0.15) is 5.52 Å². The molecule has 84 valence electrons. The maximum absolute atomic E-state index is 12.2. The van der Waals surface area contributed by atoms with Gasteiger partial charge in [-0.2, -0.15) is 0 Å². The summed E-state index contributed by atoms with van der Waals surface area (Å²) in [6.07, 6.45) is -3.71. The number of rotatable bonds is 1. The van der Waals surface area contributed by atoms with Crippen LogP contribution in [0.15, 0.2) is 12.3 Å². The highest BCUT2D eigenvalue weighted by Crippen LogP contribution is 2.20. The highest BCUT2D eigenvalue weighted by molar-refractivity contribution is 6.58. The molecule has 10 heteroatoms. The first-order chi connectivity index (χ1) is 7.38. The average molecular weight is 232 g/mol. The first kappa shape index (κ1) is 10.8. The number of halogens is 3. The van der Waals surface area contributed by atoms with Gasteiger partial charge in [0.25, 0.3) is 0 Å². The van der Waals surface area contributed by atoms with Crippen LogP contribution >= 0.6 is 0 Å². The molecule has 2 aromatic rings. The van der Waals surface area contributed by atoms with E-state index in [0.717, 1.165) is 12.3 Å². The van der Waals surface area contributed by atoms with E-state index in [-0.39, 0.29) is 16.6 Å². The quantitative estimate of drug-likeness (QED) is 0.615. The zero-order valence-electron chi connectivity index (χ0n) is 7.55. The number of fused-ring (bicyclic) bond motifs is 1. The third-order valence-corrected chi connectivity index (χ3v) is 1.79. The zero-order chi connectivity index (χ0) is 11.9. The second kappa shape index (κ2) is 3.42. The third kappa shape index (κ3) is 1.84. The van der Waals surface area contributed by atoms with Crippen molar-refractivity contribution < 1.29 is 23.2 Å². The second-order valence-electron chi connectivity index (χ2n) is 2.94. The third-order valence-electron chi connectivity index (χ3n) is 1.79. The zero-order valence-corrected chi connectivity index (χ0v) is 7.55. The van der Waals surface area contributed by atoms with Crippen LogP contribution in [0.2, 0.25) is 0 Å². The van der Waals surface area contributed by atoms with Crippen LogP contribution in [0.3, 0.4) is 0 Å². The largest absolute Gasteiger partial charge is 0.521 e. The maximum atomic E-state index is 12.2. The molecule has 2 N–H and O–H groups in total. The molecule has 2 rings (SSSR count). The predicted molar refractivity (Wildman–Crippen MR) is 46.4 cm³/mol. The lowest BCUT2D eigenvalue weighted by Crippen LogP contribution is -2.29. The Kier molecular flexibility index (Phi) is 2.32. The van der Waals surface area contributed by atoms with Crippen LogP contribution in [0.25, 0.3) is 11.2 Å². The summed E-state index contributed by atoms with van der Waals surface area (Å²) in [5.41, 5.74) is -0.439. The molecule has 16 heavy (non-hydrogen) atoms. The van der Waals surface area contributed by atoms with Gasteiger partial charge in [-0.3, -0.25) is 0 Å². The minimum Gasteiger partial charge on any atom is -0.423 e. The molecule has 6 nitrogen and oxygen atoms in total. The van der Waals surface area contributed by atoms with Gasteiger partial charge >= 0.3 is 13.4 Å². The molecule has 0 aliphatic carbocycles. The van der Waals surface area contributed by atoms with E-state index in [4.69, 9.17) is 10.0 Å². The molecule has 0 atom stereocenters. The van der Waals surface area contributed by atoms with Gasteiger partial charge in [0, 0.05) is 11.7 Å². The average Bonchev–Trinajstić information content (AvgIpc) is 2.58. The summed E-state index contributed by atoms with van der Waals surface area (Å²) in [5, 5.41) is 23.8. The molecule has 0 saturated carbocycles. The summed E-state index contributed by atoms with van der Waals surface area (Å²) < 4.78 is 36.6. The van der Waals surface area contributed by atoms with Crippen molar-refractivity contribution in [1.29, 1.82) is 0 Å². The number of aromatic nitrogens is 4. The van der Waals surface area contributed by atoms with Crippen molar-refractivity contribution in [2.45, 2.75) is 6.30 Å². The summed E-state index contributed by atoms with van der Waals surface area (Å²) >= 11 is 0. The molecular weight excluding hydrogens is 228 g/mol. The molecule has 0 fully saturated rings.